The zero-order chi connectivity index (χ0) is 15.2. The molecule has 1 aromatic heterocycles. The number of carbonyl (C=O) groups is 1. The fourth-order valence-electron chi connectivity index (χ4n) is 1.73. The summed E-state index contributed by atoms with van der Waals surface area (Å²) in [6.45, 7) is 0.463. The Hall–Kier alpha value is -2.70. The SMILES string of the molecule is O=C(CCn1ccc(=O)[nH]c1=O)NCc1ccc(F)cc1. The first-order valence-electron chi connectivity index (χ1n) is 6.35. The van der Waals surface area contributed by atoms with Gasteiger partial charge in [0.15, 0.2) is 0 Å². The van der Waals surface area contributed by atoms with Gasteiger partial charge in [-0.15, -0.1) is 0 Å². The molecule has 1 amide bonds. The van der Waals surface area contributed by atoms with E-state index in [1.807, 2.05) is 0 Å². The molecule has 0 radical (unpaired) electrons. The van der Waals surface area contributed by atoms with Crippen molar-refractivity contribution in [1.29, 1.82) is 0 Å². The van der Waals surface area contributed by atoms with Crippen LogP contribution in [0.4, 0.5) is 4.39 Å². The summed E-state index contributed by atoms with van der Waals surface area (Å²) < 4.78 is 14.0. The van der Waals surface area contributed by atoms with Crippen molar-refractivity contribution in [2.45, 2.75) is 19.5 Å². The fraction of sp³-hybridized carbons (Fsp3) is 0.214. The van der Waals surface area contributed by atoms with Gasteiger partial charge in [0.05, 0.1) is 0 Å². The number of amides is 1. The highest BCUT2D eigenvalue weighted by molar-refractivity contribution is 5.75. The third-order valence-electron chi connectivity index (χ3n) is 2.88. The van der Waals surface area contributed by atoms with Gasteiger partial charge in [0.25, 0.3) is 5.56 Å². The summed E-state index contributed by atoms with van der Waals surface area (Å²) in [5.74, 6) is -0.569. The van der Waals surface area contributed by atoms with Crippen LogP contribution in [0.3, 0.4) is 0 Å². The molecule has 0 fully saturated rings. The van der Waals surface area contributed by atoms with Gasteiger partial charge in [-0.3, -0.25) is 14.6 Å². The van der Waals surface area contributed by atoms with Crippen molar-refractivity contribution in [3.8, 4) is 0 Å². The number of nitrogens with one attached hydrogen (secondary N) is 2. The van der Waals surface area contributed by atoms with Gasteiger partial charge in [-0.25, -0.2) is 9.18 Å². The van der Waals surface area contributed by atoms with Gasteiger partial charge < -0.3 is 9.88 Å². The molecule has 2 N–H and O–H groups in total. The molecule has 0 aliphatic heterocycles. The minimum atomic E-state index is -0.547. The van der Waals surface area contributed by atoms with Crippen molar-refractivity contribution in [3.05, 3.63) is 68.7 Å². The van der Waals surface area contributed by atoms with Gasteiger partial charge in [0.1, 0.15) is 5.82 Å². The summed E-state index contributed by atoms with van der Waals surface area (Å²) in [6.07, 6.45) is 1.45. The zero-order valence-corrected chi connectivity index (χ0v) is 11.1. The standard InChI is InChI=1S/C14H14FN3O3/c15-11-3-1-10(2-4-11)9-16-12(19)5-7-18-8-6-13(20)17-14(18)21/h1-4,6,8H,5,7,9H2,(H,16,19)(H,17,20,21). The van der Waals surface area contributed by atoms with E-state index < -0.39 is 11.2 Å². The number of hydrogen-bond acceptors (Lipinski definition) is 3. The predicted octanol–water partition coefficient (Wildman–Crippen LogP) is 0.382. The molecule has 21 heavy (non-hydrogen) atoms. The summed E-state index contributed by atoms with van der Waals surface area (Å²) in [7, 11) is 0. The van der Waals surface area contributed by atoms with E-state index in [0.717, 1.165) is 5.56 Å². The maximum Gasteiger partial charge on any atom is 0.328 e. The third-order valence-corrected chi connectivity index (χ3v) is 2.88. The minimum absolute atomic E-state index is 0.104. The van der Waals surface area contributed by atoms with Crippen molar-refractivity contribution in [1.82, 2.24) is 14.9 Å². The normalized spacial score (nSPS) is 10.3. The second-order valence-corrected chi connectivity index (χ2v) is 4.46. The van der Waals surface area contributed by atoms with Crippen molar-refractivity contribution in [3.63, 3.8) is 0 Å². The fourth-order valence-corrected chi connectivity index (χ4v) is 1.73. The van der Waals surface area contributed by atoms with Gasteiger partial charge in [-0.1, -0.05) is 12.1 Å². The number of aromatic nitrogens is 2. The molecule has 1 heterocycles. The summed E-state index contributed by atoms with van der Waals surface area (Å²) in [5, 5.41) is 2.67. The summed E-state index contributed by atoms with van der Waals surface area (Å²) in [6, 6.07) is 7.03. The zero-order valence-electron chi connectivity index (χ0n) is 11.1. The highest BCUT2D eigenvalue weighted by Gasteiger charge is 2.03. The number of carbonyl (C=O) groups excluding carboxylic acids is 1. The molecular weight excluding hydrogens is 277 g/mol. The molecule has 0 spiro atoms. The van der Waals surface area contributed by atoms with E-state index in [9.17, 15) is 18.8 Å². The van der Waals surface area contributed by atoms with Crippen LogP contribution in [0.1, 0.15) is 12.0 Å². The Kier molecular flexibility index (Phi) is 4.65. The molecule has 6 nitrogen and oxygen atoms in total. The Labute approximate surface area is 119 Å². The van der Waals surface area contributed by atoms with Crippen LogP contribution in [0.15, 0.2) is 46.1 Å². The van der Waals surface area contributed by atoms with Crippen molar-refractivity contribution < 1.29 is 9.18 Å². The number of aromatic amines is 1. The van der Waals surface area contributed by atoms with Crippen LogP contribution in [0.5, 0.6) is 0 Å². The van der Waals surface area contributed by atoms with Gasteiger partial charge in [0.2, 0.25) is 5.91 Å². The average Bonchev–Trinajstić information content (AvgIpc) is 2.46. The van der Waals surface area contributed by atoms with Crippen LogP contribution < -0.4 is 16.6 Å². The largest absolute Gasteiger partial charge is 0.352 e. The summed E-state index contributed by atoms with van der Waals surface area (Å²) in [4.78, 5) is 36.1. The highest BCUT2D eigenvalue weighted by Crippen LogP contribution is 2.02. The number of rotatable bonds is 5. The Morgan fingerprint density at radius 1 is 1.19 bits per heavy atom. The highest BCUT2D eigenvalue weighted by atomic mass is 19.1. The quantitative estimate of drug-likeness (QED) is 0.835. The first kappa shape index (κ1) is 14.7. The number of benzene rings is 1. The van der Waals surface area contributed by atoms with E-state index in [-0.39, 0.29) is 24.7 Å². The van der Waals surface area contributed by atoms with Gasteiger partial charge >= 0.3 is 5.69 Å². The molecule has 0 bridgehead atoms. The van der Waals surface area contributed by atoms with Crippen LogP contribution in [-0.2, 0) is 17.9 Å². The topological polar surface area (TPSA) is 84.0 Å². The van der Waals surface area contributed by atoms with Crippen molar-refractivity contribution in [2.24, 2.45) is 0 Å². The van der Waals surface area contributed by atoms with Crippen LogP contribution in [0.2, 0.25) is 0 Å². The Morgan fingerprint density at radius 3 is 2.57 bits per heavy atom. The van der Waals surface area contributed by atoms with E-state index >= 15 is 0 Å². The van der Waals surface area contributed by atoms with Crippen LogP contribution >= 0.6 is 0 Å². The van der Waals surface area contributed by atoms with Crippen molar-refractivity contribution in [2.75, 3.05) is 0 Å². The van der Waals surface area contributed by atoms with E-state index in [1.165, 1.54) is 29.0 Å². The molecule has 1 aromatic carbocycles. The molecule has 0 saturated carbocycles. The van der Waals surface area contributed by atoms with E-state index in [2.05, 4.69) is 10.3 Å². The summed E-state index contributed by atoms with van der Waals surface area (Å²) >= 11 is 0. The molecule has 0 saturated heterocycles. The molecule has 110 valence electrons. The molecule has 2 rings (SSSR count). The Bertz CT molecular complexity index is 734. The molecule has 2 aromatic rings. The first-order valence-corrected chi connectivity index (χ1v) is 6.35. The molecule has 0 atom stereocenters. The number of nitrogens with zero attached hydrogens (tertiary/aromatic N) is 1. The summed E-state index contributed by atoms with van der Waals surface area (Å²) in [5.41, 5.74) is -0.239. The van der Waals surface area contributed by atoms with Crippen molar-refractivity contribution >= 4 is 5.91 Å². The first-order chi connectivity index (χ1) is 10.0. The monoisotopic (exact) mass is 291 g/mol. The number of aryl methyl sites for hydroxylation is 1. The molecular formula is C14H14FN3O3. The Balaban J connectivity index is 1.83. The average molecular weight is 291 g/mol. The lowest BCUT2D eigenvalue weighted by Gasteiger charge is -2.06. The van der Waals surface area contributed by atoms with E-state index in [0.29, 0.717) is 6.54 Å². The maximum atomic E-state index is 12.7. The number of H-pyrrole nitrogens is 1. The smallest absolute Gasteiger partial charge is 0.328 e. The van der Waals surface area contributed by atoms with Crippen LogP contribution in [-0.4, -0.2) is 15.5 Å². The predicted molar refractivity (Wildman–Crippen MR) is 74.2 cm³/mol. The maximum absolute atomic E-state index is 12.7. The van der Waals surface area contributed by atoms with Crippen LogP contribution in [0.25, 0.3) is 0 Å². The minimum Gasteiger partial charge on any atom is -0.352 e. The second kappa shape index (κ2) is 6.65. The molecule has 0 unspecified atom stereocenters. The number of hydrogen-bond donors (Lipinski definition) is 2. The second-order valence-electron chi connectivity index (χ2n) is 4.46. The van der Waals surface area contributed by atoms with E-state index in [1.54, 1.807) is 12.1 Å². The van der Waals surface area contributed by atoms with Gasteiger partial charge in [0, 0.05) is 31.8 Å². The third kappa shape index (κ3) is 4.41. The lowest BCUT2D eigenvalue weighted by Crippen LogP contribution is -2.31. The van der Waals surface area contributed by atoms with Gasteiger partial charge in [-0.05, 0) is 17.7 Å². The molecule has 0 aliphatic rings. The molecule has 7 heteroatoms. The lowest BCUT2D eigenvalue weighted by molar-refractivity contribution is -0.121. The van der Waals surface area contributed by atoms with Crippen LogP contribution in [0, 0.1) is 5.82 Å². The number of halogens is 1. The molecule has 0 aliphatic carbocycles. The Morgan fingerprint density at radius 2 is 1.90 bits per heavy atom. The van der Waals surface area contributed by atoms with Gasteiger partial charge in [-0.2, -0.15) is 0 Å². The van der Waals surface area contributed by atoms with E-state index in [4.69, 9.17) is 0 Å². The lowest BCUT2D eigenvalue weighted by atomic mass is 10.2.